The summed E-state index contributed by atoms with van der Waals surface area (Å²) in [7, 11) is 0. The normalized spacial score (nSPS) is 10.9. The molecule has 0 unspecified atom stereocenters. The van der Waals surface area contributed by atoms with Crippen molar-refractivity contribution in [2.75, 3.05) is 0 Å². The Kier molecular flexibility index (Phi) is 3.69. The van der Waals surface area contributed by atoms with E-state index in [1.807, 2.05) is 43.3 Å². The van der Waals surface area contributed by atoms with Crippen molar-refractivity contribution in [2.45, 2.75) is 6.92 Å². The molecule has 3 aromatic rings. The van der Waals surface area contributed by atoms with E-state index in [1.165, 1.54) is 0 Å². The summed E-state index contributed by atoms with van der Waals surface area (Å²) in [6.07, 6.45) is 0. The highest BCUT2D eigenvalue weighted by atomic mass is 127. The van der Waals surface area contributed by atoms with Gasteiger partial charge in [-0.25, -0.2) is 0 Å². The van der Waals surface area contributed by atoms with Crippen LogP contribution in [0, 0.1) is 10.5 Å². The van der Waals surface area contributed by atoms with Crippen molar-refractivity contribution >= 4 is 55.3 Å². The summed E-state index contributed by atoms with van der Waals surface area (Å²) in [6.45, 7) is 2.02. The third kappa shape index (κ3) is 2.54. The lowest BCUT2D eigenvalue weighted by Gasteiger charge is -2.01. The number of halogens is 2. The molecular weight excluding hydrogens is 431 g/mol. The van der Waals surface area contributed by atoms with Crippen LogP contribution in [-0.2, 0) is 0 Å². The monoisotopic (exact) mass is 440 g/mol. The Hall–Kier alpha value is -1.14. The number of fused-ring (bicyclic) bond motifs is 1. The van der Waals surface area contributed by atoms with Crippen LogP contribution in [0.1, 0.15) is 21.7 Å². The molecule has 0 atom stereocenters. The van der Waals surface area contributed by atoms with Crippen LogP contribution >= 0.6 is 38.5 Å². The molecule has 0 radical (unpaired) electrons. The predicted octanol–water partition coefficient (Wildman–Crippen LogP) is 5.34. The standard InChI is InChI=1S/C16H10BrIO2/c1-9-2-5-14-10(6-9)7-15(20-14)16(19)12-8-11(18)3-4-13(12)17/h2-8H,1H3. The maximum absolute atomic E-state index is 12.5. The molecule has 2 nitrogen and oxygen atoms in total. The van der Waals surface area contributed by atoms with Gasteiger partial charge in [0, 0.05) is 19.0 Å². The molecule has 1 aromatic heterocycles. The van der Waals surface area contributed by atoms with Gasteiger partial charge in [-0.05, 0) is 65.9 Å². The highest BCUT2D eigenvalue weighted by Crippen LogP contribution is 2.26. The van der Waals surface area contributed by atoms with Crippen molar-refractivity contribution in [1.29, 1.82) is 0 Å². The number of furan rings is 1. The Morgan fingerprint density at radius 2 is 1.95 bits per heavy atom. The third-order valence-corrected chi connectivity index (χ3v) is 4.43. The fourth-order valence-corrected chi connectivity index (χ4v) is 3.00. The minimum Gasteiger partial charge on any atom is -0.453 e. The van der Waals surface area contributed by atoms with Crippen molar-refractivity contribution in [3.8, 4) is 0 Å². The lowest BCUT2D eigenvalue weighted by molar-refractivity contribution is 0.101. The largest absolute Gasteiger partial charge is 0.453 e. The van der Waals surface area contributed by atoms with Gasteiger partial charge >= 0.3 is 0 Å². The molecule has 0 aliphatic heterocycles. The number of rotatable bonds is 2. The second kappa shape index (κ2) is 5.33. The molecule has 100 valence electrons. The maximum Gasteiger partial charge on any atom is 0.229 e. The van der Waals surface area contributed by atoms with Gasteiger partial charge in [-0.1, -0.05) is 27.6 Å². The molecule has 2 aromatic carbocycles. The van der Waals surface area contributed by atoms with Gasteiger partial charge in [0.1, 0.15) is 5.58 Å². The van der Waals surface area contributed by atoms with E-state index in [1.54, 1.807) is 6.07 Å². The van der Waals surface area contributed by atoms with Crippen LogP contribution in [0.25, 0.3) is 11.0 Å². The first kappa shape index (κ1) is 13.8. The van der Waals surface area contributed by atoms with Gasteiger partial charge in [-0.3, -0.25) is 4.79 Å². The summed E-state index contributed by atoms with van der Waals surface area (Å²) < 4.78 is 7.45. The summed E-state index contributed by atoms with van der Waals surface area (Å²) in [5.41, 5.74) is 2.50. The van der Waals surface area contributed by atoms with Gasteiger partial charge in [-0.2, -0.15) is 0 Å². The fourth-order valence-electron chi connectivity index (χ4n) is 2.08. The molecule has 20 heavy (non-hydrogen) atoms. The lowest BCUT2D eigenvalue weighted by atomic mass is 10.1. The average molecular weight is 441 g/mol. The van der Waals surface area contributed by atoms with Gasteiger partial charge in [0.05, 0.1) is 0 Å². The number of aryl methyl sites for hydroxylation is 1. The Bertz CT molecular complexity index is 820. The molecule has 0 amide bonds. The smallest absolute Gasteiger partial charge is 0.229 e. The summed E-state index contributed by atoms with van der Waals surface area (Å²) in [6, 6.07) is 13.4. The third-order valence-electron chi connectivity index (χ3n) is 3.07. The van der Waals surface area contributed by atoms with E-state index in [9.17, 15) is 4.79 Å². The molecule has 0 saturated heterocycles. The van der Waals surface area contributed by atoms with Crippen LogP contribution in [0.15, 0.2) is 51.4 Å². The summed E-state index contributed by atoms with van der Waals surface area (Å²) in [4.78, 5) is 12.5. The molecule has 0 aliphatic carbocycles. The van der Waals surface area contributed by atoms with Crippen LogP contribution in [0.2, 0.25) is 0 Å². The topological polar surface area (TPSA) is 30.2 Å². The zero-order chi connectivity index (χ0) is 14.3. The highest BCUT2D eigenvalue weighted by Gasteiger charge is 2.17. The van der Waals surface area contributed by atoms with Crippen LogP contribution in [0.5, 0.6) is 0 Å². The number of carbonyl (C=O) groups is 1. The van der Waals surface area contributed by atoms with Crippen LogP contribution in [0.3, 0.4) is 0 Å². The second-order valence-corrected chi connectivity index (χ2v) is 6.71. The lowest BCUT2D eigenvalue weighted by Crippen LogP contribution is -2.01. The Morgan fingerprint density at radius 1 is 1.15 bits per heavy atom. The summed E-state index contributed by atoms with van der Waals surface area (Å²) >= 11 is 5.61. The Balaban J connectivity index is 2.10. The van der Waals surface area contributed by atoms with Gasteiger partial charge < -0.3 is 4.42 Å². The van der Waals surface area contributed by atoms with Crippen LogP contribution in [0.4, 0.5) is 0 Å². The molecule has 1 heterocycles. The van der Waals surface area contributed by atoms with Gasteiger partial charge in [0.2, 0.25) is 5.78 Å². The maximum atomic E-state index is 12.5. The van der Waals surface area contributed by atoms with Crippen molar-refractivity contribution in [1.82, 2.24) is 0 Å². The SMILES string of the molecule is Cc1ccc2oc(C(=O)c3cc(I)ccc3Br)cc2c1. The average Bonchev–Trinajstić information content (AvgIpc) is 2.83. The molecule has 0 bridgehead atoms. The molecule has 0 N–H and O–H groups in total. The van der Waals surface area contributed by atoms with E-state index >= 15 is 0 Å². The summed E-state index contributed by atoms with van der Waals surface area (Å²) in [5.74, 6) is 0.262. The molecule has 0 fully saturated rings. The van der Waals surface area contributed by atoms with Gasteiger partial charge in [0.25, 0.3) is 0 Å². The van der Waals surface area contributed by atoms with E-state index in [0.29, 0.717) is 11.3 Å². The van der Waals surface area contributed by atoms with Crippen molar-refractivity contribution < 1.29 is 9.21 Å². The van der Waals surface area contributed by atoms with E-state index in [2.05, 4.69) is 38.5 Å². The van der Waals surface area contributed by atoms with E-state index < -0.39 is 0 Å². The number of benzene rings is 2. The minimum absolute atomic E-state index is 0.107. The molecule has 0 spiro atoms. The number of hydrogen-bond acceptors (Lipinski definition) is 2. The Labute approximate surface area is 138 Å². The number of ketones is 1. The van der Waals surface area contributed by atoms with Crippen LogP contribution in [-0.4, -0.2) is 5.78 Å². The molecule has 4 heteroatoms. The molecule has 0 saturated carbocycles. The Morgan fingerprint density at radius 3 is 2.75 bits per heavy atom. The quantitative estimate of drug-likeness (QED) is 0.397. The summed E-state index contributed by atoms with van der Waals surface area (Å²) in [5, 5.41) is 0.954. The first-order valence-corrected chi connectivity index (χ1v) is 7.92. The minimum atomic E-state index is -0.107. The van der Waals surface area contributed by atoms with Crippen molar-refractivity contribution in [3.05, 3.63) is 67.4 Å². The first-order chi connectivity index (χ1) is 9.54. The zero-order valence-corrected chi connectivity index (χ0v) is 14.4. The number of hydrogen-bond donors (Lipinski definition) is 0. The molecule has 3 rings (SSSR count). The van der Waals surface area contributed by atoms with Crippen molar-refractivity contribution in [2.24, 2.45) is 0 Å². The van der Waals surface area contributed by atoms with E-state index in [0.717, 1.165) is 24.6 Å². The second-order valence-electron chi connectivity index (χ2n) is 4.61. The highest BCUT2D eigenvalue weighted by molar-refractivity contribution is 14.1. The first-order valence-electron chi connectivity index (χ1n) is 6.04. The van der Waals surface area contributed by atoms with Crippen molar-refractivity contribution in [3.63, 3.8) is 0 Å². The van der Waals surface area contributed by atoms with Gasteiger partial charge in [0.15, 0.2) is 5.76 Å². The predicted molar refractivity (Wildman–Crippen MR) is 91.2 cm³/mol. The van der Waals surface area contributed by atoms with E-state index in [4.69, 9.17) is 4.42 Å². The molecular formula is C16H10BrIO2. The molecule has 0 aliphatic rings. The van der Waals surface area contributed by atoms with Gasteiger partial charge in [-0.15, -0.1) is 0 Å². The van der Waals surface area contributed by atoms with Crippen LogP contribution < -0.4 is 0 Å². The zero-order valence-electron chi connectivity index (χ0n) is 10.6. The number of carbonyl (C=O) groups excluding carboxylic acids is 1. The van der Waals surface area contributed by atoms with E-state index in [-0.39, 0.29) is 5.78 Å². The fraction of sp³-hybridized carbons (Fsp3) is 0.0625.